The number of amides is 1. The van der Waals surface area contributed by atoms with E-state index in [4.69, 9.17) is 4.74 Å². The fourth-order valence-corrected chi connectivity index (χ4v) is 1.77. The molecule has 0 saturated carbocycles. The molecule has 0 atom stereocenters. The Balaban J connectivity index is 2.22. The number of hydrogen-bond donors (Lipinski definition) is 1. The number of benzene rings is 1. The lowest BCUT2D eigenvalue weighted by Gasteiger charge is -2.07. The van der Waals surface area contributed by atoms with Gasteiger partial charge in [-0.05, 0) is 37.6 Å². The van der Waals surface area contributed by atoms with Gasteiger partial charge in [-0.15, -0.1) is 0 Å². The number of carbonyl (C=O) groups is 2. The van der Waals surface area contributed by atoms with Gasteiger partial charge in [-0.1, -0.05) is 26.2 Å². The summed E-state index contributed by atoms with van der Waals surface area (Å²) in [4.78, 5) is 22.6. The molecule has 0 fully saturated rings. The second-order valence-corrected chi connectivity index (χ2v) is 4.78. The summed E-state index contributed by atoms with van der Waals surface area (Å²) >= 11 is 0. The Bertz CT molecular complexity index is 426. The van der Waals surface area contributed by atoms with Gasteiger partial charge in [0, 0.05) is 12.1 Å². The predicted octanol–water partition coefficient (Wildman–Crippen LogP) is 2.96. The van der Waals surface area contributed by atoms with Gasteiger partial charge in [0.15, 0.2) is 12.4 Å². The third kappa shape index (κ3) is 6.36. The third-order valence-corrected chi connectivity index (χ3v) is 2.98. The van der Waals surface area contributed by atoms with Crippen molar-refractivity contribution in [1.82, 2.24) is 5.32 Å². The van der Waals surface area contributed by atoms with Crippen LogP contribution in [-0.4, -0.2) is 24.8 Å². The van der Waals surface area contributed by atoms with Gasteiger partial charge in [0.05, 0.1) is 0 Å². The maximum atomic E-state index is 11.5. The minimum atomic E-state index is -0.114. The fraction of sp³-hybridized carbons (Fsp3) is 0.500. The van der Waals surface area contributed by atoms with Crippen molar-refractivity contribution in [1.29, 1.82) is 0 Å². The Morgan fingerprint density at radius 1 is 1.10 bits per heavy atom. The molecule has 0 aliphatic rings. The zero-order chi connectivity index (χ0) is 14.8. The summed E-state index contributed by atoms with van der Waals surface area (Å²) in [6.07, 6.45) is 4.54. The molecule has 0 radical (unpaired) electrons. The summed E-state index contributed by atoms with van der Waals surface area (Å²) in [7, 11) is 0. The molecule has 4 heteroatoms. The molecule has 4 nitrogen and oxygen atoms in total. The van der Waals surface area contributed by atoms with Crippen molar-refractivity contribution in [2.24, 2.45) is 0 Å². The molecule has 0 bridgehead atoms. The van der Waals surface area contributed by atoms with Crippen LogP contribution in [0.25, 0.3) is 0 Å². The van der Waals surface area contributed by atoms with Crippen molar-refractivity contribution in [3.63, 3.8) is 0 Å². The highest BCUT2D eigenvalue weighted by molar-refractivity contribution is 5.94. The summed E-state index contributed by atoms with van der Waals surface area (Å²) in [5.41, 5.74) is 0.637. The summed E-state index contributed by atoms with van der Waals surface area (Å²) in [6, 6.07) is 6.79. The van der Waals surface area contributed by atoms with Crippen LogP contribution in [0.4, 0.5) is 0 Å². The van der Waals surface area contributed by atoms with Gasteiger partial charge in [-0.25, -0.2) is 0 Å². The largest absolute Gasteiger partial charge is 0.484 e. The lowest BCUT2D eigenvalue weighted by atomic mass is 10.1. The Labute approximate surface area is 120 Å². The quantitative estimate of drug-likeness (QED) is 0.557. The lowest BCUT2D eigenvalue weighted by Crippen LogP contribution is -2.29. The number of nitrogens with one attached hydrogen (secondary N) is 1. The average Bonchev–Trinajstić information content (AvgIpc) is 2.45. The first-order valence-corrected chi connectivity index (χ1v) is 7.14. The maximum absolute atomic E-state index is 11.5. The first-order valence-electron chi connectivity index (χ1n) is 7.14. The molecule has 110 valence electrons. The molecule has 0 spiro atoms. The minimum absolute atomic E-state index is 0.00714. The second-order valence-electron chi connectivity index (χ2n) is 4.78. The number of ether oxygens (including phenoxy) is 1. The molecule has 0 aliphatic heterocycles. The summed E-state index contributed by atoms with van der Waals surface area (Å²) in [5.74, 6) is 0.495. The van der Waals surface area contributed by atoms with Crippen LogP contribution in [0.15, 0.2) is 24.3 Å². The van der Waals surface area contributed by atoms with Crippen LogP contribution in [0.2, 0.25) is 0 Å². The summed E-state index contributed by atoms with van der Waals surface area (Å²) < 4.78 is 5.36. The molecule has 0 aromatic heterocycles. The smallest absolute Gasteiger partial charge is 0.257 e. The number of carbonyl (C=O) groups excluding carboxylic acids is 2. The van der Waals surface area contributed by atoms with Crippen molar-refractivity contribution in [2.45, 2.75) is 39.5 Å². The van der Waals surface area contributed by atoms with Crippen molar-refractivity contribution < 1.29 is 14.3 Å². The number of hydrogen-bond acceptors (Lipinski definition) is 3. The van der Waals surface area contributed by atoms with Crippen molar-refractivity contribution in [3.05, 3.63) is 29.8 Å². The third-order valence-electron chi connectivity index (χ3n) is 2.98. The average molecular weight is 277 g/mol. The van der Waals surface area contributed by atoms with E-state index in [0.717, 1.165) is 12.8 Å². The van der Waals surface area contributed by atoms with E-state index in [0.29, 0.717) is 17.9 Å². The molecule has 0 unspecified atom stereocenters. The van der Waals surface area contributed by atoms with Crippen LogP contribution >= 0.6 is 0 Å². The molecule has 0 heterocycles. The van der Waals surface area contributed by atoms with E-state index in [-0.39, 0.29) is 18.3 Å². The van der Waals surface area contributed by atoms with E-state index < -0.39 is 0 Å². The van der Waals surface area contributed by atoms with Crippen LogP contribution < -0.4 is 10.1 Å². The molecule has 1 amide bonds. The maximum Gasteiger partial charge on any atom is 0.257 e. The summed E-state index contributed by atoms with van der Waals surface area (Å²) in [6.45, 7) is 4.38. The van der Waals surface area contributed by atoms with Crippen LogP contribution in [0.5, 0.6) is 5.75 Å². The molecule has 1 aromatic carbocycles. The summed E-state index contributed by atoms with van der Waals surface area (Å²) in [5, 5.41) is 2.82. The van der Waals surface area contributed by atoms with Crippen LogP contribution in [0, 0.1) is 0 Å². The Kier molecular flexibility index (Phi) is 7.40. The fourth-order valence-electron chi connectivity index (χ4n) is 1.77. The van der Waals surface area contributed by atoms with Gasteiger partial charge in [-0.3, -0.25) is 9.59 Å². The van der Waals surface area contributed by atoms with Gasteiger partial charge >= 0.3 is 0 Å². The van der Waals surface area contributed by atoms with Gasteiger partial charge in [-0.2, -0.15) is 0 Å². The van der Waals surface area contributed by atoms with Crippen molar-refractivity contribution >= 4 is 11.7 Å². The normalized spacial score (nSPS) is 10.1. The van der Waals surface area contributed by atoms with Crippen LogP contribution in [0.3, 0.4) is 0 Å². The highest BCUT2D eigenvalue weighted by Gasteiger charge is 2.03. The lowest BCUT2D eigenvalue weighted by molar-refractivity contribution is -0.123. The van der Waals surface area contributed by atoms with Crippen LogP contribution in [-0.2, 0) is 4.79 Å². The molecule has 1 rings (SSSR count). The van der Waals surface area contributed by atoms with Gasteiger partial charge in [0.1, 0.15) is 5.75 Å². The van der Waals surface area contributed by atoms with E-state index >= 15 is 0 Å². The number of unbranched alkanes of at least 4 members (excludes halogenated alkanes) is 3. The second kappa shape index (κ2) is 9.13. The number of ketones is 1. The number of rotatable bonds is 9. The van der Waals surface area contributed by atoms with E-state index in [9.17, 15) is 9.59 Å². The topological polar surface area (TPSA) is 55.4 Å². The first kappa shape index (κ1) is 16.2. The highest BCUT2D eigenvalue weighted by atomic mass is 16.5. The highest BCUT2D eigenvalue weighted by Crippen LogP contribution is 2.12. The molecule has 20 heavy (non-hydrogen) atoms. The van der Waals surface area contributed by atoms with Gasteiger partial charge < -0.3 is 10.1 Å². The monoisotopic (exact) mass is 277 g/mol. The molecule has 0 saturated heterocycles. The van der Waals surface area contributed by atoms with Crippen LogP contribution in [0.1, 0.15) is 49.9 Å². The SMILES string of the molecule is CCCCCCNC(=O)COc1ccc(C(C)=O)cc1. The Morgan fingerprint density at radius 2 is 1.80 bits per heavy atom. The van der Waals surface area contributed by atoms with E-state index in [1.807, 2.05) is 0 Å². The molecule has 0 aliphatic carbocycles. The Hall–Kier alpha value is -1.84. The predicted molar refractivity (Wildman–Crippen MR) is 79.1 cm³/mol. The van der Waals surface area contributed by atoms with E-state index in [1.165, 1.54) is 19.8 Å². The van der Waals surface area contributed by atoms with Gasteiger partial charge in [0.25, 0.3) is 5.91 Å². The molecule has 1 N–H and O–H groups in total. The molecular weight excluding hydrogens is 254 g/mol. The molecular formula is C16H23NO3. The van der Waals surface area contributed by atoms with E-state index in [1.54, 1.807) is 24.3 Å². The molecule has 1 aromatic rings. The standard InChI is InChI=1S/C16H23NO3/c1-3-4-5-6-11-17-16(19)12-20-15-9-7-14(8-10-15)13(2)18/h7-10H,3-6,11-12H2,1-2H3,(H,17,19). The minimum Gasteiger partial charge on any atom is -0.484 e. The van der Waals surface area contributed by atoms with Gasteiger partial charge in [0.2, 0.25) is 0 Å². The number of Topliss-reactive ketones (excluding diaryl/α,β-unsaturated/α-hetero) is 1. The first-order chi connectivity index (χ1) is 9.63. The zero-order valence-corrected chi connectivity index (χ0v) is 12.3. The zero-order valence-electron chi connectivity index (χ0n) is 12.3. The van der Waals surface area contributed by atoms with Crippen molar-refractivity contribution in [3.8, 4) is 5.75 Å². The van der Waals surface area contributed by atoms with E-state index in [2.05, 4.69) is 12.2 Å². The van der Waals surface area contributed by atoms with Crippen molar-refractivity contribution in [2.75, 3.05) is 13.2 Å². The Morgan fingerprint density at radius 3 is 2.40 bits per heavy atom.